The van der Waals surface area contributed by atoms with Crippen LogP contribution in [-0.2, 0) is 11.3 Å². The summed E-state index contributed by atoms with van der Waals surface area (Å²) >= 11 is 0. The second-order valence-corrected chi connectivity index (χ2v) is 7.83. The number of hydrogen-bond donors (Lipinski definition) is 2. The Morgan fingerprint density at radius 1 is 1.23 bits per heavy atom. The highest BCUT2D eigenvalue weighted by Crippen LogP contribution is 2.34. The van der Waals surface area contributed by atoms with E-state index in [4.69, 9.17) is 4.42 Å². The third-order valence-electron chi connectivity index (χ3n) is 5.60. The topological polar surface area (TPSA) is 74.6 Å². The van der Waals surface area contributed by atoms with E-state index >= 15 is 0 Å². The van der Waals surface area contributed by atoms with Crippen LogP contribution < -0.4 is 10.6 Å². The lowest BCUT2D eigenvalue weighted by Crippen LogP contribution is -2.50. The van der Waals surface area contributed by atoms with Crippen molar-refractivity contribution in [3.8, 4) is 0 Å². The van der Waals surface area contributed by atoms with Gasteiger partial charge >= 0.3 is 6.03 Å². The standard InChI is InChI=1S/C23H30FN3O3/c1-3-4-11-25-23(29)27-15-18(22(28)26-14-19-6-5-12-30-19)8-10-21(27)17-7-9-20(24)16(2)13-17/h5-7,9,12-13,18,21H,3-4,8,10-11,14-15H2,1-2H3,(H,25,29)(H,26,28)/t18-,21-/m1/s1. The van der Waals surface area contributed by atoms with Crippen LogP contribution in [0, 0.1) is 18.7 Å². The summed E-state index contributed by atoms with van der Waals surface area (Å²) in [6.07, 6.45) is 4.75. The Bertz CT molecular complexity index is 853. The number of likely N-dealkylation sites (tertiary alicyclic amines) is 1. The minimum atomic E-state index is -0.297. The van der Waals surface area contributed by atoms with Crippen molar-refractivity contribution < 1.29 is 18.4 Å². The molecule has 1 aliphatic rings. The molecule has 1 aliphatic heterocycles. The van der Waals surface area contributed by atoms with Crippen molar-refractivity contribution in [2.75, 3.05) is 13.1 Å². The number of nitrogens with zero attached hydrogens (tertiary/aromatic N) is 1. The number of hydrogen-bond acceptors (Lipinski definition) is 3. The number of urea groups is 1. The molecule has 2 N–H and O–H groups in total. The van der Waals surface area contributed by atoms with Crippen LogP contribution in [0.4, 0.5) is 9.18 Å². The predicted molar refractivity (Wildman–Crippen MR) is 112 cm³/mol. The first-order chi connectivity index (χ1) is 14.5. The number of furan rings is 1. The third-order valence-corrected chi connectivity index (χ3v) is 5.60. The molecule has 1 fully saturated rings. The average molecular weight is 416 g/mol. The summed E-state index contributed by atoms with van der Waals surface area (Å²) in [4.78, 5) is 27.3. The summed E-state index contributed by atoms with van der Waals surface area (Å²) in [5.74, 6) is 0.0397. The van der Waals surface area contributed by atoms with Crippen molar-refractivity contribution in [2.45, 2.75) is 52.1 Å². The molecule has 3 amide bonds. The molecule has 2 aromatic rings. The number of unbranched alkanes of at least 4 members (excludes halogenated alkanes) is 1. The third kappa shape index (κ3) is 5.40. The van der Waals surface area contributed by atoms with Crippen LogP contribution in [0.3, 0.4) is 0 Å². The molecule has 0 bridgehead atoms. The first kappa shape index (κ1) is 21.9. The van der Waals surface area contributed by atoms with Gasteiger partial charge in [0, 0.05) is 13.1 Å². The van der Waals surface area contributed by atoms with E-state index in [1.54, 1.807) is 36.3 Å². The van der Waals surface area contributed by atoms with Gasteiger partial charge in [-0.1, -0.05) is 25.5 Å². The average Bonchev–Trinajstić information content (AvgIpc) is 3.27. The molecule has 0 unspecified atom stereocenters. The van der Waals surface area contributed by atoms with Gasteiger partial charge in [-0.05, 0) is 55.5 Å². The second-order valence-electron chi connectivity index (χ2n) is 7.83. The minimum absolute atomic E-state index is 0.0912. The molecule has 1 saturated heterocycles. The molecule has 0 saturated carbocycles. The van der Waals surface area contributed by atoms with Gasteiger partial charge in [0.2, 0.25) is 5.91 Å². The maximum atomic E-state index is 13.7. The molecule has 1 aromatic carbocycles. The highest BCUT2D eigenvalue weighted by atomic mass is 19.1. The van der Waals surface area contributed by atoms with Crippen molar-refractivity contribution >= 4 is 11.9 Å². The normalized spacial score (nSPS) is 18.8. The summed E-state index contributed by atoms with van der Waals surface area (Å²) in [7, 11) is 0. The lowest BCUT2D eigenvalue weighted by molar-refractivity contribution is -0.127. The molecule has 1 aromatic heterocycles. The fraction of sp³-hybridized carbons (Fsp3) is 0.478. The Hall–Kier alpha value is -2.83. The number of benzene rings is 1. The van der Waals surface area contributed by atoms with E-state index in [2.05, 4.69) is 17.6 Å². The summed E-state index contributed by atoms with van der Waals surface area (Å²) in [5.41, 5.74) is 1.45. The van der Waals surface area contributed by atoms with Crippen LogP contribution >= 0.6 is 0 Å². The van der Waals surface area contributed by atoms with Gasteiger partial charge < -0.3 is 20.0 Å². The largest absolute Gasteiger partial charge is 0.467 e. The van der Waals surface area contributed by atoms with E-state index in [-0.39, 0.29) is 29.7 Å². The maximum Gasteiger partial charge on any atom is 0.317 e. The second kappa shape index (κ2) is 10.3. The van der Waals surface area contributed by atoms with Crippen molar-refractivity contribution in [2.24, 2.45) is 5.92 Å². The highest BCUT2D eigenvalue weighted by Gasteiger charge is 2.35. The number of carbonyl (C=O) groups excluding carboxylic acids is 2. The van der Waals surface area contributed by atoms with E-state index in [0.717, 1.165) is 18.4 Å². The molecule has 3 rings (SSSR count). The van der Waals surface area contributed by atoms with Crippen LogP contribution in [0.15, 0.2) is 41.0 Å². The first-order valence-corrected chi connectivity index (χ1v) is 10.6. The Kier molecular flexibility index (Phi) is 7.49. The van der Waals surface area contributed by atoms with E-state index < -0.39 is 0 Å². The fourth-order valence-corrected chi connectivity index (χ4v) is 3.84. The Labute approximate surface area is 176 Å². The van der Waals surface area contributed by atoms with Crippen LogP contribution in [0.25, 0.3) is 0 Å². The van der Waals surface area contributed by atoms with Crippen molar-refractivity contribution in [3.63, 3.8) is 0 Å². The summed E-state index contributed by atoms with van der Waals surface area (Å²) in [6.45, 7) is 5.03. The molecule has 2 atom stereocenters. The van der Waals surface area contributed by atoms with Gasteiger partial charge in [-0.3, -0.25) is 4.79 Å². The molecule has 7 heteroatoms. The van der Waals surface area contributed by atoms with Crippen molar-refractivity contribution in [1.29, 1.82) is 0 Å². The van der Waals surface area contributed by atoms with Gasteiger partial charge in [-0.25, -0.2) is 9.18 Å². The van der Waals surface area contributed by atoms with Crippen LogP contribution in [0.5, 0.6) is 0 Å². The predicted octanol–water partition coefficient (Wildman–Crippen LogP) is 4.31. The van der Waals surface area contributed by atoms with Gasteiger partial charge in [0.25, 0.3) is 0 Å². The number of carbonyl (C=O) groups is 2. The van der Waals surface area contributed by atoms with Gasteiger partial charge in [-0.2, -0.15) is 0 Å². The molecular formula is C23H30FN3O3. The monoisotopic (exact) mass is 415 g/mol. The molecule has 2 heterocycles. The Balaban J connectivity index is 1.71. The molecule has 6 nitrogen and oxygen atoms in total. The molecule has 0 aliphatic carbocycles. The molecule has 0 spiro atoms. The van der Waals surface area contributed by atoms with Crippen molar-refractivity contribution in [1.82, 2.24) is 15.5 Å². The minimum Gasteiger partial charge on any atom is -0.467 e. The Morgan fingerprint density at radius 3 is 2.77 bits per heavy atom. The van der Waals surface area contributed by atoms with Gasteiger partial charge in [0.1, 0.15) is 11.6 Å². The van der Waals surface area contributed by atoms with Crippen LogP contribution in [0.2, 0.25) is 0 Å². The number of halogens is 1. The van der Waals surface area contributed by atoms with Gasteiger partial charge in [0.15, 0.2) is 0 Å². The lowest BCUT2D eigenvalue weighted by atomic mass is 9.88. The molecule has 162 valence electrons. The zero-order valence-electron chi connectivity index (χ0n) is 17.6. The van der Waals surface area contributed by atoms with Crippen LogP contribution in [0.1, 0.15) is 55.5 Å². The Morgan fingerprint density at radius 2 is 2.07 bits per heavy atom. The van der Waals surface area contributed by atoms with E-state index in [9.17, 15) is 14.0 Å². The SMILES string of the molecule is CCCCNC(=O)N1C[C@H](C(=O)NCc2ccco2)CC[C@@H]1c1ccc(F)c(C)c1. The molecular weight excluding hydrogens is 385 g/mol. The summed E-state index contributed by atoms with van der Waals surface area (Å²) in [5, 5.41) is 5.86. The molecule has 30 heavy (non-hydrogen) atoms. The smallest absolute Gasteiger partial charge is 0.317 e. The van der Waals surface area contributed by atoms with Gasteiger partial charge in [-0.15, -0.1) is 0 Å². The summed E-state index contributed by atoms with van der Waals surface area (Å²) < 4.78 is 19.0. The highest BCUT2D eigenvalue weighted by molar-refractivity contribution is 5.81. The number of nitrogens with one attached hydrogen (secondary N) is 2. The molecule has 0 radical (unpaired) electrons. The maximum absolute atomic E-state index is 13.7. The zero-order valence-corrected chi connectivity index (χ0v) is 17.6. The van der Waals surface area contributed by atoms with Crippen molar-refractivity contribution in [3.05, 3.63) is 59.3 Å². The number of piperidine rings is 1. The van der Waals surface area contributed by atoms with Gasteiger partial charge in [0.05, 0.1) is 24.8 Å². The zero-order chi connectivity index (χ0) is 21.5. The lowest BCUT2D eigenvalue weighted by Gasteiger charge is -2.39. The van der Waals surface area contributed by atoms with E-state index in [1.807, 2.05) is 6.07 Å². The number of rotatable bonds is 7. The van der Waals surface area contributed by atoms with E-state index in [1.165, 1.54) is 6.07 Å². The first-order valence-electron chi connectivity index (χ1n) is 10.6. The summed E-state index contributed by atoms with van der Waals surface area (Å²) in [6, 6.07) is 8.20. The van der Waals surface area contributed by atoms with E-state index in [0.29, 0.717) is 43.8 Å². The number of amides is 3. The quantitative estimate of drug-likeness (QED) is 0.662. The van der Waals surface area contributed by atoms with Crippen LogP contribution in [-0.4, -0.2) is 29.9 Å². The number of aryl methyl sites for hydroxylation is 1. The fourth-order valence-electron chi connectivity index (χ4n) is 3.84.